The highest BCUT2D eigenvalue weighted by molar-refractivity contribution is 8.00. The Morgan fingerprint density at radius 2 is 1.79 bits per heavy atom. The van der Waals surface area contributed by atoms with Gasteiger partial charge in [0.15, 0.2) is 0 Å². The fourth-order valence-corrected chi connectivity index (χ4v) is 3.44. The second-order valence-electron chi connectivity index (χ2n) is 5.99. The van der Waals surface area contributed by atoms with Crippen molar-refractivity contribution in [2.24, 2.45) is 0 Å². The minimum atomic E-state index is -0.224. The quantitative estimate of drug-likeness (QED) is 0.431. The first-order valence-corrected chi connectivity index (χ1v) is 10.0. The van der Waals surface area contributed by atoms with E-state index < -0.39 is 0 Å². The van der Waals surface area contributed by atoms with Gasteiger partial charge in [-0.25, -0.2) is 0 Å². The number of carbonyl (C=O) groups is 2. The number of ether oxygens (including phenoxy) is 3. The summed E-state index contributed by atoms with van der Waals surface area (Å²) in [5.74, 6) is 1.24. The van der Waals surface area contributed by atoms with Gasteiger partial charge in [0.2, 0.25) is 5.91 Å². The third-order valence-electron chi connectivity index (χ3n) is 4.05. The van der Waals surface area contributed by atoms with E-state index in [1.54, 1.807) is 45.6 Å². The smallest absolute Gasteiger partial charge is 0.252 e. The zero-order chi connectivity index (χ0) is 21.1. The molecule has 0 unspecified atom stereocenters. The summed E-state index contributed by atoms with van der Waals surface area (Å²) >= 11 is 1.32. The Kier molecular flexibility index (Phi) is 9.33. The van der Waals surface area contributed by atoms with Crippen LogP contribution in [0, 0.1) is 0 Å². The lowest BCUT2D eigenvalue weighted by molar-refractivity contribution is -0.118. The van der Waals surface area contributed by atoms with E-state index in [0.717, 1.165) is 10.5 Å². The molecule has 0 bridgehead atoms. The van der Waals surface area contributed by atoms with Gasteiger partial charge in [-0.15, -0.1) is 11.8 Å². The van der Waals surface area contributed by atoms with Crippen LogP contribution in [0.15, 0.2) is 47.4 Å². The fraction of sp³-hybridized carbons (Fsp3) is 0.333. The molecule has 2 N–H and O–H groups in total. The molecule has 2 amide bonds. The average molecular weight is 419 g/mol. The first-order chi connectivity index (χ1) is 14.1. The minimum Gasteiger partial charge on any atom is -0.497 e. The number of rotatable bonds is 11. The maximum atomic E-state index is 12.7. The number of benzene rings is 2. The summed E-state index contributed by atoms with van der Waals surface area (Å²) in [6, 6.07) is 12.6. The number of thioether (sulfide) groups is 1. The summed E-state index contributed by atoms with van der Waals surface area (Å²) in [4.78, 5) is 25.4. The monoisotopic (exact) mass is 418 g/mol. The van der Waals surface area contributed by atoms with Crippen molar-refractivity contribution < 1.29 is 23.8 Å². The Bertz CT molecular complexity index is 828. The molecule has 0 spiro atoms. The van der Waals surface area contributed by atoms with Crippen LogP contribution >= 0.6 is 11.8 Å². The zero-order valence-corrected chi connectivity index (χ0v) is 17.6. The van der Waals surface area contributed by atoms with Crippen molar-refractivity contribution in [3.63, 3.8) is 0 Å². The number of hydrogen-bond donors (Lipinski definition) is 2. The van der Waals surface area contributed by atoms with Crippen molar-refractivity contribution in [2.75, 3.05) is 40.2 Å². The minimum absolute atomic E-state index is 0.108. The van der Waals surface area contributed by atoms with E-state index in [4.69, 9.17) is 14.2 Å². The third-order valence-corrected chi connectivity index (χ3v) is 5.12. The summed E-state index contributed by atoms with van der Waals surface area (Å²) in [6.45, 7) is 1.21. The van der Waals surface area contributed by atoms with Crippen LogP contribution in [0.2, 0.25) is 0 Å². The number of methoxy groups -OCH3 is 3. The Balaban J connectivity index is 2.00. The van der Waals surface area contributed by atoms with E-state index in [1.807, 2.05) is 18.2 Å². The van der Waals surface area contributed by atoms with Crippen LogP contribution in [0.4, 0.5) is 0 Å². The van der Waals surface area contributed by atoms with Crippen LogP contribution < -0.4 is 20.1 Å². The molecule has 0 heterocycles. The summed E-state index contributed by atoms with van der Waals surface area (Å²) < 4.78 is 15.5. The summed E-state index contributed by atoms with van der Waals surface area (Å²) in [5.41, 5.74) is 1.33. The van der Waals surface area contributed by atoms with Crippen LogP contribution in [0.5, 0.6) is 11.5 Å². The predicted octanol–water partition coefficient (Wildman–Crippen LogP) is 2.49. The Morgan fingerprint density at radius 1 is 1.00 bits per heavy atom. The van der Waals surface area contributed by atoms with E-state index in [-0.39, 0.29) is 24.1 Å². The van der Waals surface area contributed by atoms with Gasteiger partial charge >= 0.3 is 0 Å². The molecule has 156 valence electrons. The molecule has 0 saturated heterocycles. The lowest BCUT2D eigenvalue weighted by atomic mass is 10.1. The normalized spacial score (nSPS) is 10.3. The summed E-state index contributed by atoms with van der Waals surface area (Å²) in [7, 11) is 4.75. The molecule has 0 fully saturated rings. The molecule has 2 aromatic carbocycles. The molecule has 0 radical (unpaired) electrons. The Morgan fingerprint density at radius 3 is 2.52 bits per heavy atom. The highest BCUT2D eigenvalue weighted by Gasteiger charge is 2.14. The van der Waals surface area contributed by atoms with E-state index in [1.165, 1.54) is 11.8 Å². The van der Waals surface area contributed by atoms with Crippen LogP contribution in [0.1, 0.15) is 15.9 Å². The molecule has 0 atom stereocenters. The van der Waals surface area contributed by atoms with E-state index in [2.05, 4.69) is 10.6 Å². The standard InChI is InChI=1S/C21H26N2O5S/c1-26-11-10-22-20(24)14-29-19-7-5-4-6-17(19)21(25)23-13-15-12-16(27-2)8-9-18(15)28-3/h4-9,12H,10-11,13-14H2,1-3H3,(H,22,24)(H,23,25). The van der Waals surface area contributed by atoms with Crippen molar-refractivity contribution >= 4 is 23.6 Å². The molecule has 0 aliphatic carbocycles. The maximum Gasteiger partial charge on any atom is 0.252 e. The fourth-order valence-electron chi connectivity index (χ4n) is 2.56. The van der Waals surface area contributed by atoms with Gasteiger partial charge in [0, 0.05) is 30.7 Å². The van der Waals surface area contributed by atoms with E-state index in [9.17, 15) is 9.59 Å². The molecular weight excluding hydrogens is 392 g/mol. The highest BCUT2D eigenvalue weighted by Crippen LogP contribution is 2.25. The molecule has 8 heteroatoms. The number of hydrogen-bond acceptors (Lipinski definition) is 6. The second kappa shape index (κ2) is 12.0. The van der Waals surface area contributed by atoms with Gasteiger partial charge in [-0.1, -0.05) is 12.1 Å². The molecule has 29 heavy (non-hydrogen) atoms. The van der Waals surface area contributed by atoms with Gasteiger partial charge in [0.25, 0.3) is 5.91 Å². The Hall–Kier alpha value is -2.71. The molecule has 0 aliphatic rings. The largest absolute Gasteiger partial charge is 0.497 e. The molecule has 0 aromatic heterocycles. The van der Waals surface area contributed by atoms with Gasteiger partial charge in [-0.3, -0.25) is 9.59 Å². The van der Waals surface area contributed by atoms with Crippen LogP contribution in [0.3, 0.4) is 0 Å². The van der Waals surface area contributed by atoms with Gasteiger partial charge in [0.05, 0.1) is 32.1 Å². The first-order valence-electron chi connectivity index (χ1n) is 9.05. The van der Waals surface area contributed by atoms with E-state index in [0.29, 0.717) is 30.2 Å². The summed E-state index contributed by atoms with van der Waals surface area (Å²) in [5, 5.41) is 5.67. The lowest BCUT2D eigenvalue weighted by Gasteiger charge is -2.13. The van der Waals surface area contributed by atoms with Crippen molar-refractivity contribution in [2.45, 2.75) is 11.4 Å². The number of amides is 2. The highest BCUT2D eigenvalue weighted by atomic mass is 32.2. The topological polar surface area (TPSA) is 85.9 Å². The molecule has 0 aliphatic heterocycles. The lowest BCUT2D eigenvalue weighted by Crippen LogP contribution is -2.28. The molecule has 7 nitrogen and oxygen atoms in total. The first kappa shape index (κ1) is 22.6. The van der Waals surface area contributed by atoms with Crippen molar-refractivity contribution in [3.8, 4) is 11.5 Å². The molecule has 2 aromatic rings. The van der Waals surface area contributed by atoms with Crippen molar-refractivity contribution in [1.29, 1.82) is 0 Å². The van der Waals surface area contributed by atoms with Gasteiger partial charge in [-0.2, -0.15) is 0 Å². The SMILES string of the molecule is COCCNC(=O)CSc1ccccc1C(=O)NCc1cc(OC)ccc1OC. The predicted molar refractivity (Wildman–Crippen MR) is 113 cm³/mol. The molecular formula is C21H26N2O5S. The maximum absolute atomic E-state index is 12.7. The second-order valence-corrected chi connectivity index (χ2v) is 7.01. The number of nitrogens with one attached hydrogen (secondary N) is 2. The van der Waals surface area contributed by atoms with Crippen molar-refractivity contribution in [3.05, 3.63) is 53.6 Å². The van der Waals surface area contributed by atoms with Crippen molar-refractivity contribution in [1.82, 2.24) is 10.6 Å². The van der Waals surface area contributed by atoms with Gasteiger partial charge < -0.3 is 24.8 Å². The third kappa shape index (κ3) is 6.99. The average Bonchev–Trinajstić information content (AvgIpc) is 2.76. The number of carbonyl (C=O) groups excluding carboxylic acids is 2. The molecule has 0 saturated carbocycles. The Labute approximate surface area is 175 Å². The van der Waals surface area contributed by atoms with Gasteiger partial charge in [-0.05, 0) is 30.3 Å². The van der Waals surface area contributed by atoms with Gasteiger partial charge in [0.1, 0.15) is 11.5 Å². The van der Waals surface area contributed by atoms with Crippen LogP contribution in [-0.2, 0) is 16.1 Å². The van der Waals surface area contributed by atoms with Crippen LogP contribution in [0.25, 0.3) is 0 Å². The van der Waals surface area contributed by atoms with Crippen LogP contribution in [-0.4, -0.2) is 52.0 Å². The molecule has 2 rings (SSSR count). The van der Waals surface area contributed by atoms with E-state index >= 15 is 0 Å². The summed E-state index contributed by atoms with van der Waals surface area (Å²) in [6.07, 6.45) is 0. The zero-order valence-electron chi connectivity index (χ0n) is 16.8.